The van der Waals surface area contributed by atoms with E-state index in [9.17, 15) is 4.79 Å². The number of rotatable bonds is 3. The Hall–Kier alpha value is -0.760. The first-order valence-corrected chi connectivity index (χ1v) is 2.78. The van der Waals surface area contributed by atoms with E-state index in [1.807, 2.05) is 0 Å². The molecule has 0 aliphatic rings. The number of hydrogen-bond acceptors (Lipinski definition) is 1. The first-order valence-electron chi connectivity index (χ1n) is 2.34. The second kappa shape index (κ2) is 4.15. The minimum absolute atomic E-state index is 0.388. The summed E-state index contributed by atoms with van der Waals surface area (Å²) in [6.07, 6.45) is 3.78. The molecular weight excluding hydrogens is 140 g/mol. The molecule has 0 saturated heterocycles. The van der Waals surface area contributed by atoms with E-state index in [1.54, 1.807) is 0 Å². The van der Waals surface area contributed by atoms with Crippen molar-refractivity contribution in [2.45, 2.75) is 5.38 Å². The Labute approximate surface area is 58.4 Å². The molecule has 2 nitrogen and oxygen atoms in total. The number of hydrogen-bond donors (Lipinski definition) is 1. The number of halogens is 1. The molecule has 0 spiro atoms. The molecule has 0 saturated carbocycles. The molecule has 0 amide bonds. The number of aliphatic carboxylic acids is 1. The molecule has 1 atom stereocenters. The van der Waals surface area contributed by atoms with Crippen LogP contribution in [0.25, 0.3) is 0 Å². The third kappa shape index (κ3) is 5.11. The fourth-order valence-corrected chi connectivity index (χ4v) is 0.326. The summed E-state index contributed by atoms with van der Waals surface area (Å²) < 4.78 is 0. The topological polar surface area (TPSA) is 37.3 Å². The maximum Gasteiger partial charge on any atom is 0.328 e. The molecule has 0 aromatic heterocycles. The lowest BCUT2D eigenvalue weighted by Gasteiger charge is -1.88. The summed E-state index contributed by atoms with van der Waals surface area (Å²) in [5.74, 6) is -0.998. The van der Waals surface area contributed by atoms with Crippen LogP contribution in [0.3, 0.4) is 0 Å². The molecule has 0 rings (SSSR count). The normalized spacial score (nSPS) is 13.4. The van der Waals surface area contributed by atoms with Crippen LogP contribution in [0.2, 0.25) is 0 Å². The lowest BCUT2D eigenvalue weighted by Crippen LogP contribution is -1.90. The molecule has 0 aromatic rings. The zero-order chi connectivity index (χ0) is 7.28. The average Bonchev–Trinajstić information content (AvgIpc) is 1.83. The van der Waals surface area contributed by atoms with Gasteiger partial charge in [-0.15, -0.1) is 18.2 Å². The number of carboxylic acids is 1. The lowest BCUT2D eigenvalue weighted by molar-refractivity contribution is -0.131. The molecule has 1 unspecified atom stereocenters. The third-order valence-electron chi connectivity index (χ3n) is 0.648. The van der Waals surface area contributed by atoms with Crippen molar-refractivity contribution in [2.75, 3.05) is 0 Å². The summed E-state index contributed by atoms with van der Waals surface area (Å²) >= 11 is 5.44. The molecule has 0 aliphatic carbocycles. The van der Waals surface area contributed by atoms with Crippen LogP contribution < -0.4 is 0 Å². The number of alkyl halides is 1. The van der Waals surface area contributed by atoms with Crippen molar-refractivity contribution in [3.05, 3.63) is 24.8 Å². The Morgan fingerprint density at radius 1 is 1.78 bits per heavy atom. The minimum atomic E-state index is -0.998. The number of carbonyl (C=O) groups is 1. The van der Waals surface area contributed by atoms with E-state index in [2.05, 4.69) is 6.58 Å². The third-order valence-corrected chi connectivity index (χ3v) is 0.971. The monoisotopic (exact) mass is 146 g/mol. The Bertz CT molecular complexity index is 140. The van der Waals surface area contributed by atoms with Crippen LogP contribution in [-0.2, 0) is 4.79 Å². The molecule has 0 fully saturated rings. The standard InChI is InChI=1S/C6H7ClO2/c1-2-5(7)3-4-6(8)9/h2-5H,1H2,(H,8,9)/b4-3+. The van der Waals surface area contributed by atoms with E-state index in [4.69, 9.17) is 16.7 Å². The van der Waals surface area contributed by atoms with Gasteiger partial charge in [-0.25, -0.2) is 4.79 Å². The summed E-state index contributed by atoms with van der Waals surface area (Å²) in [7, 11) is 0. The fourth-order valence-electron chi connectivity index (χ4n) is 0.253. The van der Waals surface area contributed by atoms with Gasteiger partial charge in [0.05, 0.1) is 5.38 Å². The maximum atomic E-state index is 9.84. The molecule has 9 heavy (non-hydrogen) atoms. The van der Waals surface area contributed by atoms with Gasteiger partial charge in [0.15, 0.2) is 0 Å². The first kappa shape index (κ1) is 8.24. The van der Waals surface area contributed by atoms with Crippen LogP contribution in [0.4, 0.5) is 0 Å². The van der Waals surface area contributed by atoms with Gasteiger partial charge in [0.25, 0.3) is 0 Å². The maximum absolute atomic E-state index is 9.84. The van der Waals surface area contributed by atoms with E-state index < -0.39 is 5.97 Å². The number of allylic oxidation sites excluding steroid dienone is 2. The molecule has 0 aliphatic heterocycles. The lowest BCUT2D eigenvalue weighted by atomic mass is 10.4. The Morgan fingerprint density at radius 3 is 2.67 bits per heavy atom. The highest BCUT2D eigenvalue weighted by Gasteiger charge is 1.91. The van der Waals surface area contributed by atoms with Crippen molar-refractivity contribution in [1.82, 2.24) is 0 Å². The minimum Gasteiger partial charge on any atom is -0.478 e. The van der Waals surface area contributed by atoms with Crippen molar-refractivity contribution in [1.29, 1.82) is 0 Å². The Morgan fingerprint density at radius 2 is 2.33 bits per heavy atom. The highest BCUT2D eigenvalue weighted by atomic mass is 35.5. The molecule has 0 bridgehead atoms. The van der Waals surface area contributed by atoms with Gasteiger partial charge in [-0.3, -0.25) is 0 Å². The number of carboxylic acid groups (broad SMARTS) is 1. The second-order valence-electron chi connectivity index (χ2n) is 1.38. The summed E-state index contributed by atoms with van der Waals surface area (Å²) in [6.45, 7) is 3.36. The summed E-state index contributed by atoms with van der Waals surface area (Å²) in [6, 6.07) is 0. The van der Waals surface area contributed by atoms with Crippen LogP contribution in [0, 0.1) is 0 Å². The van der Waals surface area contributed by atoms with E-state index in [0.717, 1.165) is 6.08 Å². The van der Waals surface area contributed by atoms with Crippen LogP contribution in [-0.4, -0.2) is 16.5 Å². The van der Waals surface area contributed by atoms with Crippen molar-refractivity contribution < 1.29 is 9.90 Å². The van der Waals surface area contributed by atoms with Gasteiger partial charge in [0.1, 0.15) is 0 Å². The zero-order valence-electron chi connectivity index (χ0n) is 4.75. The fraction of sp³-hybridized carbons (Fsp3) is 0.167. The largest absolute Gasteiger partial charge is 0.478 e. The Balaban J connectivity index is 3.69. The second-order valence-corrected chi connectivity index (χ2v) is 1.88. The predicted molar refractivity (Wildman–Crippen MR) is 36.6 cm³/mol. The van der Waals surface area contributed by atoms with E-state index in [0.29, 0.717) is 0 Å². The predicted octanol–water partition coefficient (Wildman–Crippen LogP) is 1.42. The van der Waals surface area contributed by atoms with Crippen molar-refractivity contribution in [2.24, 2.45) is 0 Å². The van der Waals surface area contributed by atoms with Crippen molar-refractivity contribution in [3.63, 3.8) is 0 Å². The molecule has 0 radical (unpaired) electrons. The van der Waals surface area contributed by atoms with Gasteiger partial charge < -0.3 is 5.11 Å². The van der Waals surface area contributed by atoms with Gasteiger partial charge in [0, 0.05) is 6.08 Å². The smallest absolute Gasteiger partial charge is 0.328 e. The molecular formula is C6H7ClO2. The van der Waals surface area contributed by atoms with Crippen LogP contribution in [0.15, 0.2) is 24.8 Å². The van der Waals surface area contributed by atoms with Crippen molar-refractivity contribution in [3.8, 4) is 0 Å². The van der Waals surface area contributed by atoms with E-state index >= 15 is 0 Å². The summed E-state index contributed by atoms with van der Waals surface area (Å²) in [5.41, 5.74) is 0. The van der Waals surface area contributed by atoms with E-state index in [-0.39, 0.29) is 5.38 Å². The average molecular weight is 147 g/mol. The van der Waals surface area contributed by atoms with Gasteiger partial charge >= 0.3 is 5.97 Å². The van der Waals surface area contributed by atoms with Crippen LogP contribution in [0.1, 0.15) is 0 Å². The molecule has 0 heterocycles. The molecule has 50 valence electrons. The SMILES string of the molecule is C=CC(Cl)/C=C/C(=O)O. The van der Waals surface area contributed by atoms with E-state index in [1.165, 1.54) is 12.2 Å². The molecule has 0 aromatic carbocycles. The highest BCUT2D eigenvalue weighted by Crippen LogP contribution is 1.96. The van der Waals surface area contributed by atoms with Crippen LogP contribution in [0.5, 0.6) is 0 Å². The van der Waals surface area contributed by atoms with Gasteiger partial charge in [-0.1, -0.05) is 12.2 Å². The van der Waals surface area contributed by atoms with Crippen molar-refractivity contribution >= 4 is 17.6 Å². The summed E-state index contributed by atoms with van der Waals surface area (Å²) in [5, 5.41) is 7.69. The van der Waals surface area contributed by atoms with Crippen LogP contribution >= 0.6 is 11.6 Å². The Kier molecular flexibility index (Phi) is 3.80. The van der Waals surface area contributed by atoms with Gasteiger partial charge in [0.2, 0.25) is 0 Å². The molecule has 3 heteroatoms. The first-order chi connectivity index (χ1) is 4.16. The zero-order valence-corrected chi connectivity index (χ0v) is 5.51. The molecule has 1 N–H and O–H groups in total. The summed E-state index contributed by atoms with van der Waals surface area (Å²) in [4.78, 5) is 9.84. The highest BCUT2D eigenvalue weighted by molar-refractivity contribution is 6.23. The van der Waals surface area contributed by atoms with Gasteiger partial charge in [-0.2, -0.15) is 0 Å². The van der Waals surface area contributed by atoms with Gasteiger partial charge in [-0.05, 0) is 0 Å². The quantitative estimate of drug-likeness (QED) is 0.372.